The average molecular weight is 306 g/mol. The van der Waals surface area contributed by atoms with Crippen molar-refractivity contribution in [1.29, 1.82) is 5.26 Å². The number of carbonyl (C=O) groups excluding carboxylic acids is 1. The number of hydrogen-bond acceptors (Lipinski definition) is 4. The van der Waals surface area contributed by atoms with Gasteiger partial charge in [0.1, 0.15) is 11.6 Å². The molecule has 0 saturated carbocycles. The van der Waals surface area contributed by atoms with E-state index in [0.717, 1.165) is 51.9 Å². The topological polar surface area (TPSA) is 50.6 Å². The van der Waals surface area contributed by atoms with E-state index in [1.54, 1.807) is 11.1 Å². The molecular formula is C17H30N4O. The Morgan fingerprint density at radius 3 is 2.27 bits per heavy atom. The van der Waals surface area contributed by atoms with Crippen molar-refractivity contribution in [3.8, 4) is 6.07 Å². The van der Waals surface area contributed by atoms with Crippen molar-refractivity contribution in [3.63, 3.8) is 0 Å². The monoisotopic (exact) mass is 306 g/mol. The molecule has 5 heteroatoms. The van der Waals surface area contributed by atoms with Crippen LogP contribution in [0.15, 0.2) is 11.8 Å². The van der Waals surface area contributed by atoms with Crippen LogP contribution in [0.4, 0.5) is 0 Å². The van der Waals surface area contributed by atoms with Crippen LogP contribution in [0.25, 0.3) is 0 Å². The van der Waals surface area contributed by atoms with E-state index in [9.17, 15) is 10.1 Å². The molecule has 0 bridgehead atoms. The third kappa shape index (κ3) is 5.34. The van der Waals surface area contributed by atoms with Gasteiger partial charge in [-0.1, -0.05) is 13.8 Å². The van der Waals surface area contributed by atoms with E-state index in [2.05, 4.69) is 36.8 Å². The molecule has 0 aromatic carbocycles. The first kappa shape index (κ1) is 18.5. The SMILES string of the molecule is CCCN(/C=C(/C#N)C(=O)N(C)C1CCN(C)CC1)CCC. The number of amides is 1. The average Bonchev–Trinajstić information content (AvgIpc) is 2.52. The van der Waals surface area contributed by atoms with Crippen LogP contribution in [0.2, 0.25) is 0 Å². The first-order chi connectivity index (χ1) is 10.5. The zero-order valence-corrected chi connectivity index (χ0v) is 14.5. The second kappa shape index (κ2) is 9.47. The lowest BCUT2D eigenvalue weighted by Gasteiger charge is -2.35. The molecule has 1 amide bonds. The molecular weight excluding hydrogens is 276 g/mol. The van der Waals surface area contributed by atoms with Crippen LogP contribution in [-0.4, -0.2) is 66.9 Å². The lowest BCUT2D eigenvalue weighted by molar-refractivity contribution is -0.128. The van der Waals surface area contributed by atoms with Crippen molar-refractivity contribution < 1.29 is 4.79 Å². The standard InChI is InChI=1S/C17H30N4O/c1-5-9-21(10-6-2)14-15(13-18)17(22)20(4)16-7-11-19(3)12-8-16/h14,16H,5-12H2,1-4H3/b15-14-. The fraction of sp³-hybridized carbons (Fsp3) is 0.765. The molecule has 1 rings (SSSR count). The fourth-order valence-corrected chi connectivity index (χ4v) is 2.87. The minimum absolute atomic E-state index is 0.144. The summed E-state index contributed by atoms with van der Waals surface area (Å²) in [5.74, 6) is -0.144. The first-order valence-corrected chi connectivity index (χ1v) is 8.35. The van der Waals surface area contributed by atoms with Gasteiger partial charge in [0.25, 0.3) is 5.91 Å². The minimum Gasteiger partial charge on any atom is -0.376 e. The Morgan fingerprint density at radius 1 is 1.27 bits per heavy atom. The highest BCUT2D eigenvalue weighted by molar-refractivity contribution is 5.97. The van der Waals surface area contributed by atoms with Crippen LogP contribution in [0.5, 0.6) is 0 Å². The van der Waals surface area contributed by atoms with Gasteiger partial charge in [-0.15, -0.1) is 0 Å². The number of hydrogen-bond donors (Lipinski definition) is 0. The van der Waals surface area contributed by atoms with E-state index in [1.165, 1.54) is 0 Å². The maximum atomic E-state index is 12.6. The summed E-state index contributed by atoms with van der Waals surface area (Å²) in [7, 11) is 3.93. The molecule has 0 unspecified atom stereocenters. The smallest absolute Gasteiger partial charge is 0.265 e. The van der Waals surface area contributed by atoms with Gasteiger partial charge >= 0.3 is 0 Å². The van der Waals surface area contributed by atoms with Crippen LogP contribution in [0.3, 0.4) is 0 Å². The lowest BCUT2D eigenvalue weighted by atomic mass is 10.0. The van der Waals surface area contributed by atoms with Crippen molar-refractivity contribution in [1.82, 2.24) is 14.7 Å². The Bertz CT molecular complexity index is 413. The third-order valence-electron chi connectivity index (χ3n) is 4.24. The van der Waals surface area contributed by atoms with Crippen molar-refractivity contribution in [2.45, 2.75) is 45.6 Å². The maximum Gasteiger partial charge on any atom is 0.265 e. The van der Waals surface area contributed by atoms with Crippen molar-refractivity contribution in [2.24, 2.45) is 0 Å². The van der Waals surface area contributed by atoms with Crippen LogP contribution >= 0.6 is 0 Å². The van der Waals surface area contributed by atoms with E-state index < -0.39 is 0 Å². The number of nitrogens with zero attached hydrogens (tertiary/aromatic N) is 4. The Morgan fingerprint density at radius 2 is 1.82 bits per heavy atom. The summed E-state index contributed by atoms with van der Waals surface area (Å²) in [4.78, 5) is 18.7. The predicted octanol–water partition coefficient (Wildman–Crippen LogP) is 2.07. The van der Waals surface area contributed by atoms with Gasteiger partial charge in [-0.3, -0.25) is 4.79 Å². The molecule has 0 aromatic heterocycles. The van der Waals surface area contributed by atoms with Gasteiger partial charge in [0.2, 0.25) is 0 Å². The Kier molecular flexibility index (Phi) is 7.97. The van der Waals surface area contributed by atoms with E-state index in [0.29, 0.717) is 0 Å². The normalized spacial score (nSPS) is 17.1. The Labute approximate surface area is 135 Å². The molecule has 0 N–H and O–H groups in total. The van der Waals surface area contributed by atoms with Crippen LogP contribution in [-0.2, 0) is 4.79 Å². The molecule has 0 atom stereocenters. The Balaban J connectivity index is 2.75. The fourth-order valence-electron chi connectivity index (χ4n) is 2.87. The summed E-state index contributed by atoms with van der Waals surface area (Å²) >= 11 is 0. The zero-order valence-electron chi connectivity index (χ0n) is 14.5. The molecule has 1 heterocycles. The third-order valence-corrected chi connectivity index (χ3v) is 4.24. The molecule has 1 saturated heterocycles. The molecule has 0 spiro atoms. The molecule has 0 aliphatic carbocycles. The van der Waals surface area contributed by atoms with Crippen molar-refractivity contribution >= 4 is 5.91 Å². The van der Waals surface area contributed by atoms with Gasteiger partial charge in [0, 0.05) is 32.4 Å². The number of likely N-dealkylation sites (tertiary alicyclic amines) is 1. The van der Waals surface area contributed by atoms with Crippen LogP contribution in [0.1, 0.15) is 39.5 Å². The molecule has 5 nitrogen and oxygen atoms in total. The molecule has 124 valence electrons. The molecule has 1 fully saturated rings. The molecule has 1 aliphatic heterocycles. The van der Waals surface area contributed by atoms with Gasteiger partial charge < -0.3 is 14.7 Å². The maximum absolute atomic E-state index is 12.6. The van der Waals surface area contributed by atoms with Gasteiger partial charge in [-0.25, -0.2) is 0 Å². The molecule has 1 aliphatic rings. The summed E-state index contributed by atoms with van der Waals surface area (Å²) in [5.41, 5.74) is 0.253. The highest BCUT2D eigenvalue weighted by atomic mass is 16.2. The molecule has 0 radical (unpaired) electrons. The summed E-state index contributed by atoms with van der Waals surface area (Å²) in [5, 5.41) is 9.37. The number of rotatable bonds is 7. The van der Waals surface area contributed by atoms with Gasteiger partial charge in [0.15, 0.2) is 0 Å². The molecule has 0 aromatic rings. The van der Waals surface area contributed by atoms with E-state index in [1.807, 2.05) is 7.05 Å². The highest BCUT2D eigenvalue weighted by Gasteiger charge is 2.26. The van der Waals surface area contributed by atoms with E-state index in [4.69, 9.17) is 0 Å². The summed E-state index contributed by atoms with van der Waals surface area (Å²) in [6.45, 7) is 7.98. The molecule has 22 heavy (non-hydrogen) atoms. The highest BCUT2D eigenvalue weighted by Crippen LogP contribution is 2.16. The second-order valence-corrected chi connectivity index (χ2v) is 6.14. The van der Waals surface area contributed by atoms with Gasteiger partial charge in [-0.2, -0.15) is 5.26 Å². The number of nitriles is 1. The van der Waals surface area contributed by atoms with Crippen molar-refractivity contribution in [2.75, 3.05) is 40.3 Å². The van der Waals surface area contributed by atoms with Crippen molar-refractivity contribution in [3.05, 3.63) is 11.8 Å². The largest absolute Gasteiger partial charge is 0.376 e. The second-order valence-electron chi connectivity index (χ2n) is 6.14. The van der Waals surface area contributed by atoms with Crippen LogP contribution in [0, 0.1) is 11.3 Å². The van der Waals surface area contributed by atoms with E-state index in [-0.39, 0.29) is 17.5 Å². The zero-order chi connectivity index (χ0) is 16.5. The first-order valence-electron chi connectivity index (χ1n) is 8.35. The van der Waals surface area contributed by atoms with E-state index >= 15 is 0 Å². The quantitative estimate of drug-likeness (QED) is 0.534. The van der Waals surface area contributed by atoms with Gasteiger partial charge in [-0.05, 0) is 45.8 Å². The predicted molar refractivity (Wildman–Crippen MR) is 89.1 cm³/mol. The Hall–Kier alpha value is -1.54. The number of likely N-dealkylation sites (N-methyl/N-ethyl adjacent to an activating group) is 1. The number of carbonyl (C=O) groups is 1. The van der Waals surface area contributed by atoms with Gasteiger partial charge in [0.05, 0.1) is 0 Å². The minimum atomic E-state index is -0.144. The van der Waals surface area contributed by atoms with Crippen LogP contribution < -0.4 is 0 Å². The lowest BCUT2D eigenvalue weighted by Crippen LogP contribution is -2.45. The summed E-state index contributed by atoms with van der Waals surface area (Å²) in [6.07, 6.45) is 5.72. The summed E-state index contributed by atoms with van der Waals surface area (Å²) in [6, 6.07) is 2.34. The summed E-state index contributed by atoms with van der Waals surface area (Å²) < 4.78 is 0. The number of piperidine rings is 1.